The van der Waals surface area contributed by atoms with Crippen molar-refractivity contribution in [3.8, 4) is 0 Å². The molecule has 114 valence electrons. The van der Waals surface area contributed by atoms with Gasteiger partial charge in [0.1, 0.15) is 0 Å². The molecular formula is C13H15BrCl2N4O. The molecule has 2 rings (SSSR count). The van der Waals surface area contributed by atoms with Gasteiger partial charge >= 0.3 is 6.01 Å². The molecule has 0 amide bonds. The largest absolute Gasteiger partial charge is 0.406 e. The van der Waals surface area contributed by atoms with E-state index in [1.54, 1.807) is 12.1 Å². The molecule has 2 aromatic rings. The Balaban J connectivity index is 2.01. The number of halogens is 3. The van der Waals surface area contributed by atoms with Crippen LogP contribution in [0.5, 0.6) is 0 Å². The van der Waals surface area contributed by atoms with Crippen LogP contribution in [-0.4, -0.2) is 16.7 Å². The zero-order chi connectivity index (χ0) is 15.4. The molecule has 21 heavy (non-hydrogen) atoms. The van der Waals surface area contributed by atoms with Crippen molar-refractivity contribution in [2.45, 2.75) is 20.4 Å². The van der Waals surface area contributed by atoms with Gasteiger partial charge in [-0.25, -0.2) is 0 Å². The van der Waals surface area contributed by atoms with E-state index in [0.717, 1.165) is 11.0 Å². The van der Waals surface area contributed by atoms with Crippen molar-refractivity contribution in [3.05, 3.63) is 32.5 Å². The van der Waals surface area contributed by atoms with Crippen molar-refractivity contribution in [2.75, 3.05) is 11.9 Å². The third-order valence-electron chi connectivity index (χ3n) is 2.57. The molecule has 1 aromatic carbocycles. The first kappa shape index (κ1) is 16.5. The van der Waals surface area contributed by atoms with Gasteiger partial charge in [-0.15, -0.1) is 5.10 Å². The number of aromatic nitrogens is 2. The summed E-state index contributed by atoms with van der Waals surface area (Å²) in [4.78, 5) is 0. The molecule has 1 aromatic heterocycles. The molecule has 2 N–H and O–H groups in total. The second-order valence-corrected chi connectivity index (χ2v) is 6.48. The highest BCUT2D eigenvalue weighted by Crippen LogP contribution is 2.36. The van der Waals surface area contributed by atoms with Crippen molar-refractivity contribution >= 4 is 50.8 Å². The molecule has 0 saturated heterocycles. The molecule has 0 saturated carbocycles. The molecule has 0 aliphatic rings. The van der Waals surface area contributed by atoms with Gasteiger partial charge in [-0.05, 0) is 40.5 Å². The second-order valence-electron chi connectivity index (χ2n) is 4.87. The second kappa shape index (κ2) is 7.45. The number of nitrogens with zero attached hydrogens (tertiary/aromatic N) is 2. The highest BCUT2D eigenvalue weighted by Gasteiger charge is 2.12. The summed E-state index contributed by atoms with van der Waals surface area (Å²) in [5.41, 5.74) is 0.607. The van der Waals surface area contributed by atoms with Gasteiger partial charge in [0, 0.05) is 4.47 Å². The Hall–Kier alpha value is -0.820. The quantitative estimate of drug-likeness (QED) is 0.700. The van der Waals surface area contributed by atoms with E-state index in [1.165, 1.54) is 0 Å². The van der Waals surface area contributed by atoms with Gasteiger partial charge in [0.2, 0.25) is 5.89 Å². The van der Waals surface area contributed by atoms with Crippen molar-refractivity contribution in [2.24, 2.45) is 5.92 Å². The minimum absolute atomic E-state index is 0.275. The van der Waals surface area contributed by atoms with Gasteiger partial charge in [-0.2, -0.15) is 0 Å². The van der Waals surface area contributed by atoms with Crippen LogP contribution in [0, 0.1) is 5.92 Å². The van der Waals surface area contributed by atoms with Gasteiger partial charge in [0.25, 0.3) is 0 Å². The van der Waals surface area contributed by atoms with E-state index in [2.05, 4.69) is 50.6 Å². The van der Waals surface area contributed by atoms with Gasteiger partial charge in [-0.1, -0.05) is 42.1 Å². The lowest BCUT2D eigenvalue weighted by Gasteiger charge is -2.07. The van der Waals surface area contributed by atoms with E-state index in [1.807, 2.05) is 0 Å². The smallest absolute Gasteiger partial charge is 0.320 e. The van der Waals surface area contributed by atoms with Crippen LogP contribution >= 0.6 is 39.1 Å². The fourth-order valence-corrected chi connectivity index (χ4v) is 2.40. The van der Waals surface area contributed by atoms with Gasteiger partial charge in [0.15, 0.2) is 0 Å². The number of hydrogen-bond acceptors (Lipinski definition) is 5. The van der Waals surface area contributed by atoms with Crippen molar-refractivity contribution < 1.29 is 4.42 Å². The average molecular weight is 394 g/mol. The predicted octanol–water partition coefficient (Wildman–Crippen LogP) is 4.63. The number of rotatable bonds is 6. The Labute approximate surface area is 141 Å². The lowest BCUT2D eigenvalue weighted by Crippen LogP contribution is -2.19. The molecule has 8 heteroatoms. The average Bonchev–Trinajstić information content (AvgIpc) is 2.87. The summed E-state index contributed by atoms with van der Waals surface area (Å²) in [5, 5.41) is 14.9. The summed E-state index contributed by atoms with van der Waals surface area (Å²) in [6.45, 7) is 5.68. The minimum atomic E-state index is 0.275. The summed E-state index contributed by atoms with van der Waals surface area (Å²) in [6.07, 6.45) is 0. The van der Waals surface area contributed by atoms with Gasteiger partial charge in [-0.3, -0.25) is 0 Å². The van der Waals surface area contributed by atoms with Crippen LogP contribution in [-0.2, 0) is 6.54 Å². The maximum Gasteiger partial charge on any atom is 0.320 e. The SMILES string of the molecule is CC(C)CNCc1nnc(Nc2ccc(Br)c(Cl)c2Cl)o1. The molecule has 0 aliphatic carbocycles. The Bertz CT molecular complexity index is 618. The van der Waals surface area contributed by atoms with Crippen molar-refractivity contribution in [1.82, 2.24) is 15.5 Å². The fraction of sp³-hybridized carbons (Fsp3) is 0.385. The summed E-state index contributed by atoms with van der Waals surface area (Å²) >= 11 is 15.5. The normalized spacial score (nSPS) is 11.1. The number of nitrogens with one attached hydrogen (secondary N) is 2. The lowest BCUT2D eigenvalue weighted by atomic mass is 10.2. The lowest BCUT2D eigenvalue weighted by molar-refractivity contribution is 0.460. The maximum absolute atomic E-state index is 6.15. The first-order valence-electron chi connectivity index (χ1n) is 6.41. The topological polar surface area (TPSA) is 63.0 Å². The third kappa shape index (κ3) is 4.57. The van der Waals surface area contributed by atoms with Crippen molar-refractivity contribution in [3.63, 3.8) is 0 Å². The standard InChI is InChI=1S/C13H15BrCl2N4O/c1-7(2)5-17-6-10-19-20-13(21-10)18-9-4-3-8(14)11(15)12(9)16/h3-4,7,17H,5-6H2,1-2H3,(H,18,20). The van der Waals surface area contributed by atoms with E-state index in [4.69, 9.17) is 27.6 Å². The van der Waals surface area contributed by atoms with Crippen LogP contribution in [0.2, 0.25) is 10.0 Å². The Morgan fingerprint density at radius 3 is 2.71 bits per heavy atom. The van der Waals surface area contributed by atoms with E-state index in [-0.39, 0.29) is 6.01 Å². The molecular weight excluding hydrogens is 379 g/mol. The van der Waals surface area contributed by atoms with E-state index < -0.39 is 0 Å². The number of anilines is 2. The van der Waals surface area contributed by atoms with Crippen LogP contribution < -0.4 is 10.6 Å². The molecule has 0 bridgehead atoms. The van der Waals surface area contributed by atoms with Gasteiger partial charge in [0.05, 0.1) is 22.3 Å². The highest BCUT2D eigenvalue weighted by molar-refractivity contribution is 9.10. The molecule has 0 spiro atoms. The molecule has 0 radical (unpaired) electrons. The third-order valence-corrected chi connectivity index (χ3v) is 4.34. The Kier molecular flexibility index (Phi) is 5.87. The van der Waals surface area contributed by atoms with Gasteiger partial charge < -0.3 is 15.1 Å². The molecule has 1 heterocycles. The van der Waals surface area contributed by atoms with Crippen LogP contribution in [0.3, 0.4) is 0 Å². The van der Waals surface area contributed by atoms with Crippen LogP contribution in [0.4, 0.5) is 11.7 Å². The molecule has 0 atom stereocenters. The summed E-state index contributed by atoms with van der Waals surface area (Å²) in [6, 6.07) is 3.84. The van der Waals surface area contributed by atoms with E-state index >= 15 is 0 Å². The van der Waals surface area contributed by atoms with Crippen molar-refractivity contribution in [1.29, 1.82) is 0 Å². The molecule has 0 aliphatic heterocycles. The Morgan fingerprint density at radius 2 is 2.00 bits per heavy atom. The monoisotopic (exact) mass is 392 g/mol. The maximum atomic E-state index is 6.15. The summed E-state index contributed by atoms with van der Waals surface area (Å²) < 4.78 is 6.21. The molecule has 5 nitrogen and oxygen atoms in total. The van der Waals surface area contributed by atoms with Crippen LogP contribution in [0.1, 0.15) is 19.7 Å². The zero-order valence-electron chi connectivity index (χ0n) is 11.6. The zero-order valence-corrected chi connectivity index (χ0v) is 14.7. The molecule has 0 fully saturated rings. The highest BCUT2D eigenvalue weighted by atomic mass is 79.9. The summed E-state index contributed by atoms with van der Waals surface area (Å²) in [7, 11) is 0. The fourth-order valence-electron chi connectivity index (χ4n) is 1.58. The van der Waals surface area contributed by atoms with E-state index in [0.29, 0.717) is 34.1 Å². The predicted molar refractivity (Wildman–Crippen MR) is 88.3 cm³/mol. The van der Waals surface area contributed by atoms with E-state index in [9.17, 15) is 0 Å². The first-order valence-corrected chi connectivity index (χ1v) is 7.96. The van der Waals surface area contributed by atoms with Crippen LogP contribution in [0.15, 0.2) is 21.0 Å². The van der Waals surface area contributed by atoms with Crippen LogP contribution in [0.25, 0.3) is 0 Å². The minimum Gasteiger partial charge on any atom is -0.406 e. The molecule has 0 unspecified atom stereocenters. The summed E-state index contributed by atoms with van der Waals surface area (Å²) in [5.74, 6) is 1.08. The first-order chi connectivity index (χ1) is 9.97. The number of benzene rings is 1. The Morgan fingerprint density at radius 1 is 1.24 bits per heavy atom. The number of hydrogen-bond donors (Lipinski definition) is 2.